The van der Waals surface area contributed by atoms with Crippen LogP contribution in [0.2, 0.25) is 5.28 Å². The van der Waals surface area contributed by atoms with E-state index in [2.05, 4.69) is 25.3 Å². The number of nitrogens with one attached hydrogen (secondary N) is 1. The molecule has 3 N–H and O–H groups in total. The van der Waals surface area contributed by atoms with E-state index in [9.17, 15) is 0 Å². The maximum Gasteiger partial charge on any atom is 0.225 e. The standard InChI is InChI=1S/C15H15ClN6O/c1-8-3-4-9(6-23-2)5-10(8)20-14-12-11(18-7-19-14)13(17)22-15(16)21-12/h3-5,7H,6H2,1-2H3,(H2,17,21,22)(H,18,19,20). The molecule has 118 valence electrons. The third-order valence-electron chi connectivity index (χ3n) is 3.35. The second kappa shape index (κ2) is 6.31. The molecule has 0 unspecified atom stereocenters. The van der Waals surface area contributed by atoms with Crippen molar-refractivity contribution < 1.29 is 4.74 Å². The zero-order valence-electron chi connectivity index (χ0n) is 12.7. The lowest BCUT2D eigenvalue weighted by molar-refractivity contribution is 0.185. The number of nitrogens with two attached hydrogens (primary N) is 1. The molecule has 0 spiro atoms. The van der Waals surface area contributed by atoms with Crippen LogP contribution in [-0.4, -0.2) is 27.0 Å². The Balaban J connectivity index is 2.07. The van der Waals surface area contributed by atoms with Crippen LogP contribution < -0.4 is 11.1 Å². The summed E-state index contributed by atoms with van der Waals surface area (Å²) in [6.07, 6.45) is 1.41. The van der Waals surface area contributed by atoms with Crippen molar-refractivity contribution in [2.75, 3.05) is 18.2 Å². The highest BCUT2D eigenvalue weighted by Gasteiger charge is 2.12. The largest absolute Gasteiger partial charge is 0.382 e. The molecule has 0 aliphatic carbocycles. The van der Waals surface area contributed by atoms with Crippen LogP contribution in [0.1, 0.15) is 11.1 Å². The Morgan fingerprint density at radius 1 is 1.22 bits per heavy atom. The molecule has 3 rings (SSSR count). The molecule has 0 bridgehead atoms. The first kappa shape index (κ1) is 15.4. The molecular weight excluding hydrogens is 316 g/mol. The van der Waals surface area contributed by atoms with Crippen LogP contribution in [0, 0.1) is 6.92 Å². The molecule has 0 saturated heterocycles. The van der Waals surface area contributed by atoms with Gasteiger partial charge in [0.25, 0.3) is 0 Å². The number of anilines is 3. The summed E-state index contributed by atoms with van der Waals surface area (Å²) in [5, 5.41) is 3.31. The fourth-order valence-electron chi connectivity index (χ4n) is 2.22. The Morgan fingerprint density at radius 3 is 2.83 bits per heavy atom. The molecule has 0 aliphatic heterocycles. The van der Waals surface area contributed by atoms with Gasteiger partial charge in [-0.3, -0.25) is 0 Å². The summed E-state index contributed by atoms with van der Waals surface area (Å²) >= 11 is 5.89. The lowest BCUT2D eigenvalue weighted by atomic mass is 10.1. The van der Waals surface area contributed by atoms with Crippen molar-refractivity contribution in [2.24, 2.45) is 0 Å². The van der Waals surface area contributed by atoms with Crippen molar-refractivity contribution in [3.63, 3.8) is 0 Å². The van der Waals surface area contributed by atoms with E-state index in [1.807, 2.05) is 25.1 Å². The number of nitrogens with zero attached hydrogens (tertiary/aromatic N) is 4. The van der Waals surface area contributed by atoms with E-state index in [0.717, 1.165) is 16.8 Å². The van der Waals surface area contributed by atoms with Crippen LogP contribution in [0.3, 0.4) is 0 Å². The van der Waals surface area contributed by atoms with E-state index in [0.29, 0.717) is 23.5 Å². The number of halogens is 1. The molecule has 0 aliphatic rings. The number of methoxy groups -OCH3 is 1. The van der Waals surface area contributed by atoms with E-state index >= 15 is 0 Å². The summed E-state index contributed by atoms with van der Waals surface area (Å²) in [6, 6.07) is 6.02. The van der Waals surface area contributed by atoms with E-state index in [4.69, 9.17) is 22.1 Å². The fraction of sp³-hybridized carbons (Fsp3) is 0.200. The van der Waals surface area contributed by atoms with Gasteiger partial charge in [-0.1, -0.05) is 12.1 Å². The molecule has 0 atom stereocenters. The number of aromatic nitrogens is 4. The minimum Gasteiger partial charge on any atom is -0.382 e. The van der Waals surface area contributed by atoms with Crippen molar-refractivity contribution in [3.05, 3.63) is 40.9 Å². The monoisotopic (exact) mass is 330 g/mol. The quantitative estimate of drug-likeness (QED) is 0.709. The molecule has 1 aromatic carbocycles. The van der Waals surface area contributed by atoms with E-state index < -0.39 is 0 Å². The number of benzene rings is 1. The molecule has 7 nitrogen and oxygen atoms in total. The van der Waals surface area contributed by atoms with Gasteiger partial charge in [-0.15, -0.1) is 0 Å². The van der Waals surface area contributed by atoms with Gasteiger partial charge in [-0.2, -0.15) is 4.98 Å². The summed E-state index contributed by atoms with van der Waals surface area (Å²) in [7, 11) is 1.66. The second-order valence-electron chi connectivity index (χ2n) is 5.00. The Morgan fingerprint density at radius 2 is 2.04 bits per heavy atom. The molecule has 2 heterocycles. The predicted molar refractivity (Wildman–Crippen MR) is 89.7 cm³/mol. The van der Waals surface area contributed by atoms with Crippen LogP contribution >= 0.6 is 11.6 Å². The van der Waals surface area contributed by atoms with Gasteiger partial charge >= 0.3 is 0 Å². The number of ether oxygens (including phenoxy) is 1. The summed E-state index contributed by atoms with van der Waals surface area (Å²) in [6.45, 7) is 2.53. The van der Waals surface area contributed by atoms with Gasteiger partial charge in [0.15, 0.2) is 11.6 Å². The molecule has 0 fully saturated rings. The Kier molecular flexibility index (Phi) is 4.22. The zero-order chi connectivity index (χ0) is 16.4. The summed E-state index contributed by atoms with van der Waals surface area (Å²) in [4.78, 5) is 16.4. The highest BCUT2D eigenvalue weighted by Crippen LogP contribution is 2.27. The van der Waals surface area contributed by atoms with Crippen molar-refractivity contribution in [1.29, 1.82) is 0 Å². The molecule has 8 heteroatoms. The Labute approximate surface area is 137 Å². The number of aryl methyl sites for hydroxylation is 1. The fourth-order valence-corrected chi connectivity index (χ4v) is 2.40. The second-order valence-corrected chi connectivity index (χ2v) is 5.34. The first-order valence-electron chi connectivity index (χ1n) is 6.87. The van der Waals surface area contributed by atoms with Crippen molar-refractivity contribution in [1.82, 2.24) is 19.9 Å². The van der Waals surface area contributed by atoms with Crippen LogP contribution in [0.5, 0.6) is 0 Å². The van der Waals surface area contributed by atoms with Crippen LogP contribution in [0.25, 0.3) is 11.0 Å². The number of fused-ring (bicyclic) bond motifs is 1. The average Bonchev–Trinajstić information content (AvgIpc) is 2.51. The molecule has 3 aromatic rings. The van der Waals surface area contributed by atoms with E-state index in [-0.39, 0.29) is 11.1 Å². The first-order chi connectivity index (χ1) is 11.1. The van der Waals surface area contributed by atoms with Crippen molar-refractivity contribution >= 4 is 40.0 Å². The highest BCUT2D eigenvalue weighted by molar-refractivity contribution is 6.28. The average molecular weight is 331 g/mol. The molecule has 0 amide bonds. The van der Waals surface area contributed by atoms with Crippen LogP contribution in [-0.2, 0) is 11.3 Å². The Bertz CT molecular complexity index is 870. The number of hydrogen-bond acceptors (Lipinski definition) is 7. The van der Waals surface area contributed by atoms with Gasteiger partial charge in [-0.05, 0) is 35.7 Å². The minimum atomic E-state index is 0.0534. The van der Waals surface area contributed by atoms with Crippen molar-refractivity contribution in [3.8, 4) is 0 Å². The molecule has 0 saturated carbocycles. The number of rotatable bonds is 4. The molecular formula is C15H15ClN6O. The molecule has 23 heavy (non-hydrogen) atoms. The molecule has 2 aromatic heterocycles. The summed E-state index contributed by atoms with van der Waals surface area (Å²) in [5.41, 5.74) is 9.78. The van der Waals surface area contributed by atoms with Gasteiger partial charge in [0.2, 0.25) is 5.28 Å². The highest BCUT2D eigenvalue weighted by atomic mass is 35.5. The lowest BCUT2D eigenvalue weighted by Crippen LogP contribution is -2.03. The number of nitrogen functional groups attached to an aromatic ring is 1. The topological polar surface area (TPSA) is 98.8 Å². The third-order valence-corrected chi connectivity index (χ3v) is 3.52. The van der Waals surface area contributed by atoms with Gasteiger partial charge in [0.05, 0.1) is 6.61 Å². The van der Waals surface area contributed by atoms with Gasteiger partial charge < -0.3 is 15.8 Å². The van der Waals surface area contributed by atoms with Crippen molar-refractivity contribution in [2.45, 2.75) is 13.5 Å². The van der Waals surface area contributed by atoms with Gasteiger partial charge in [0, 0.05) is 12.8 Å². The third kappa shape index (κ3) is 3.15. The SMILES string of the molecule is COCc1ccc(C)c(Nc2ncnc3c(N)nc(Cl)nc23)c1. The number of hydrogen-bond donors (Lipinski definition) is 2. The first-order valence-corrected chi connectivity index (χ1v) is 7.25. The summed E-state index contributed by atoms with van der Waals surface area (Å²) in [5.74, 6) is 0.735. The molecule has 0 radical (unpaired) electrons. The smallest absolute Gasteiger partial charge is 0.225 e. The lowest BCUT2D eigenvalue weighted by Gasteiger charge is -2.12. The minimum absolute atomic E-state index is 0.0534. The van der Waals surface area contributed by atoms with Gasteiger partial charge in [0.1, 0.15) is 17.4 Å². The van der Waals surface area contributed by atoms with E-state index in [1.165, 1.54) is 6.33 Å². The predicted octanol–water partition coefficient (Wildman–Crippen LogP) is 2.85. The van der Waals surface area contributed by atoms with E-state index in [1.54, 1.807) is 7.11 Å². The normalized spacial score (nSPS) is 10.9. The van der Waals surface area contributed by atoms with Gasteiger partial charge in [-0.25, -0.2) is 15.0 Å². The van der Waals surface area contributed by atoms with Crippen LogP contribution in [0.15, 0.2) is 24.5 Å². The zero-order valence-corrected chi connectivity index (χ0v) is 13.4. The Hall–Kier alpha value is -2.51. The summed E-state index contributed by atoms with van der Waals surface area (Å²) < 4.78 is 5.17. The van der Waals surface area contributed by atoms with Crippen LogP contribution in [0.4, 0.5) is 17.3 Å². The maximum absolute atomic E-state index is 5.89. The maximum atomic E-state index is 5.89.